The molecule has 0 aromatic carbocycles. The maximum Gasteiger partial charge on any atom is 0.160 e. The number of aryl methyl sites for hydroxylation is 3. The molecular weight excluding hydrogens is 290 g/mol. The highest BCUT2D eigenvalue weighted by molar-refractivity contribution is 5.51. The van der Waals surface area contributed by atoms with Gasteiger partial charge in [0.05, 0.1) is 12.2 Å². The summed E-state index contributed by atoms with van der Waals surface area (Å²) in [7, 11) is 1.94. The zero-order chi connectivity index (χ0) is 16.4. The molecule has 0 aliphatic rings. The third-order valence-electron chi connectivity index (χ3n) is 3.66. The molecule has 3 heterocycles. The molecule has 1 unspecified atom stereocenters. The second kappa shape index (κ2) is 6.20. The van der Waals surface area contributed by atoms with Crippen molar-refractivity contribution < 1.29 is 0 Å². The fourth-order valence-electron chi connectivity index (χ4n) is 2.56. The molecule has 23 heavy (non-hydrogen) atoms. The van der Waals surface area contributed by atoms with E-state index in [4.69, 9.17) is 0 Å². The van der Waals surface area contributed by atoms with Gasteiger partial charge in [0, 0.05) is 31.2 Å². The summed E-state index contributed by atoms with van der Waals surface area (Å²) in [6.45, 7) is 6.95. The van der Waals surface area contributed by atoms with Crippen molar-refractivity contribution in [1.82, 2.24) is 29.5 Å². The van der Waals surface area contributed by atoms with E-state index in [-0.39, 0.29) is 6.04 Å². The van der Waals surface area contributed by atoms with Crippen molar-refractivity contribution in [3.8, 4) is 11.5 Å². The van der Waals surface area contributed by atoms with Gasteiger partial charge in [0.2, 0.25) is 0 Å². The van der Waals surface area contributed by atoms with Crippen LogP contribution >= 0.6 is 0 Å². The van der Waals surface area contributed by atoms with Gasteiger partial charge in [-0.2, -0.15) is 5.10 Å². The van der Waals surface area contributed by atoms with Crippen molar-refractivity contribution >= 4 is 5.82 Å². The van der Waals surface area contributed by atoms with Gasteiger partial charge in [-0.1, -0.05) is 0 Å². The largest absolute Gasteiger partial charge is 0.364 e. The third kappa shape index (κ3) is 3.39. The zero-order valence-corrected chi connectivity index (χ0v) is 13.9. The Morgan fingerprint density at radius 2 is 2.04 bits per heavy atom. The van der Waals surface area contributed by atoms with Crippen LogP contribution in [0.5, 0.6) is 0 Å². The molecule has 0 aliphatic heterocycles. The molecule has 0 saturated heterocycles. The Hall–Kier alpha value is -2.70. The normalized spacial score (nSPS) is 12.3. The van der Waals surface area contributed by atoms with E-state index < -0.39 is 0 Å². The lowest BCUT2D eigenvalue weighted by atomic mass is 10.3. The van der Waals surface area contributed by atoms with Crippen molar-refractivity contribution in [2.24, 2.45) is 7.05 Å². The van der Waals surface area contributed by atoms with E-state index in [9.17, 15) is 0 Å². The summed E-state index contributed by atoms with van der Waals surface area (Å²) in [6.07, 6.45) is 3.64. The average Bonchev–Trinajstić information content (AvgIpc) is 3.06. The van der Waals surface area contributed by atoms with E-state index >= 15 is 0 Å². The molecule has 0 saturated carbocycles. The highest BCUT2D eigenvalue weighted by atomic mass is 15.3. The Morgan fingerprint density at radius 3 is 2.61 bits per heavy atom. The number of anilines is 1. The molecule has 0 radical (unpaired) electrons. The first-order valence-corrected chi connectivity index (χ1v) is 7.62. The molecule has 3 rings (SSSR count). The number of aromatic nitrogens is 6. The van der Waals surface area contributed by atoms with E-state index in [1.165, 1.54) is 0 Å². The number of hydrogen-bond donors (Lipinski definition) is 1. The van der Waals surface area contributed by atoms with Gasteiger partial charge >= 0.3 is 0 Å². The second-order valence-electron chi connectivity index (χ2n) is 5.82. The maximum absolute atomic E-state index is 4.48. The molecule has 120 valence electrons. The van der Waals surface area contributed by atoms with Crippen molar-refractivity contribution in [3.63, 3.8) is 0 Å². The highest BCUT2D eigenvalue weighted by Crippen LogP contribution is 2.14. The van der Waals surface area contributed by atoms with Crippen LogP contribution < -0.4 is 5.32 Å². The minimum Gasteiger partial charge on any atom is -0.364 e. The molecular formula is C16H21N7. The van der Waals surface area contributed by atoms with Crippen molar-refractivity contribution in [3.05, 3.63) is 42.0 Å². The molecule has 3 aromatic heterocycles. The van der Waals surface area contributed by atoms with Crippen LogP contribution in [-0.4, -0.2) is 35.6 Å². The Morgan fingerprint density at radius 1 is 1.22 bits per heavy atom. The zero-order valence-electron chi connectivity index (χ0n) is 13.9. The van der Waals surface area contributed by atoms with Crippen molar-refractivity contribution in [2.45, 2.75) is 33.4 Å². The summed E-state index contributed by atoms with van der Waals surface area (Å²) in [4.78, 5) is 4.27. The fraction of sp³-hybridized carbons (Fsp3) is 0.375. The minimum absolute atomic E-state index is 0.196. The predicted octanol–water partition coefficient (Wildman–Crippen LogP) is 2.19. The summed E-state index contributed by atoms with van der Waals surface area (Å²) in [5.41, 5.74) is 2.95. The quantitative estimate of drug-likeness (QED) is 0.782. The number of nitrogens with zero attached hydrogens (tertiary/aromatic N) is 6. The number of nitrogens with one attached hydrogen (secondary N) is 1. The Bertz CT molecular complexity index is 785. The molecule has 0 aliphatic carbocycles. The van der Waals surface area contributed by atoms with Crippen LogP contribution in [0.15, 0.2) is 30.6 Å². The van der Waals surface area contributed by atoms with E-state index in [1.54, 1.807) is 6.20 Å². The number of imidazole rings is 1. The molecule has 3 aromatic rings. The molecule has 7 heteroatoms. The molecule has 7 nitrogen and oxygen atoms in total. The SMILES string of the molecule is Cc1cc(C)n(CC(C)Nc2ccc(-c3nccn3C)nn2)n1. The van der Waals surface area contributed by atoms with Gasteiger partial charge in [0.25, 0.3) is 0 Å². The molecule has 0 fully saturated rings. The number of rotatable bonds is 5. The summed E-state index contributed by atoms with van der Waals surface area (Å²) >= 11 is 0. The van der Waals surface area contributed by atoms with Gasteiger partial charge in [-0.3, -0.25) is 4.68 Å². The van der Waals surface area contributed by atoms with Gasteiger partial charge in [-0.15, -0.1) is 10.2 Å². The topological polar surface area (TPSA) is 73.5 Å². The van der Waals surface area contributed by atoms with Crippen molar-refractivity contribution in [2.75, 3.05) is 5.32 Å². The van der Waals surface area contributed by atoms with Gasteiger partial charge in [-0.05, 0) is 39.0 Å². The van der Waals surface area contributed by atoms with E-state index in [2.05, 4.69) is 45.5 Å². The Kier molecular flexibility index (Phi) is 4.10. The van der Waals surface area contributed by atoms with Crippen LogP contribution in [0.1, 0.15) is 18.3 Å². The van der Waals surface area contributed by atoms with Crippen LogP contribution in [-0.2, 0) is 13.6 Å². The minimum atomic E-state index is 0.196. The average molecular weight is 311 g/mol. The second-order valence-corrected chi connectivity index (χ2v) is 5.82. The van der Waals surface area contributed by atoms with Gasteiger partial charge < -0.3 is 9.88 Å². The lowest BCUT2D eigenvalue weighted by molar-refractivity contribution is 0.544. The van der Waals surface area contributed by atoms with E-state index in [0.717, 1.165) is 35.3 Å². The molecule has 1 atom stereocenters. The van der Waals surface area contributed by atoms with E-state index in [0.29, 0.717) is 0 Å². The van der Waals surface area contributed by atoms with Crippen LogP contribution in [0.4, 0.5) is 5.82 Å². The van der Waals surface area contributed by atoms with Crippen LogP contribution in [0.25, 0.3) is 11.5 Å². The maximum atomic E-state index is 4.48. The molecule has 0 amide bonds. The predicted molar refractivity (Wildman–Crippen MR) is 89.0 cm³/mol. The Labute approximate surface area is 135 Å². The first-order valence-electron chi connectivity index (χ1n) is 7.62. The van der Waals surface area contributed by atoms with Gasteiger partial charge in [-0.25, -0.2) is 4.98 Å². The van der Waals surface area contributed by atoms with Crippen LogP contribution in [0.2, 0.25) is 0 Å². The van der Waals surface area contributed by atoms with Crippen molar-refractivity contribution in [1.29, 1.82) is 0 Å². The summed E-state index contributed by atoms with van der Waals surface area (Å²) in [5.74, 6) is 1.55. The lowest BCUT2D eigenvalue weighted by Gasteiger charge is -2.15. The summed E-state index contributed by atoms with van der Waals surface area (Å²) in [6, 6.07) is 6.12. The lowest BCUT2D eigenvalue weighted by Crippen LogP contribution is -2.24. The molecule has 0 bridgehead atoms. The van der Waals surface area contributed by atoms with Crippen LogP contribution in [0.3, 0.4) is 0 Å². The fourth-order valence-corrected chi connectivity index (χ4v) is 2.56. The Balaban J connectivity index is 1.66. The van der Waals surface area contributed by atoms with Gasteiger partial charge in [0.15, 0.2) is 5.82 Å². The molecule has 1 N–H and O–H groups in total. The highest BCUT2D eigenvalue weighted by Gasteiger charge is 2.09. The summed E-state index contributed by atoms with van der Waals surface area (Å²) in [5, 5.41) is 16.3. The first kappa shape index (κ1) is 15.2. The number of hydrogen-bond acceptors (Lipinski definition) is 5. The third-order valence-corrected chi connectivity index (χ3v) is 3.66. The van der Waals surface area contributed by atoms with Crippen LogP contribution in [0, 0.1) is 13.8 Å². The standard InChI is InChI=1S/C16H21N7/c1-11-9-13(3)23(21-11)10-12(2)18-15-6-5-14(19-20-15)16-17-7-8-22(16)4/h5-9,12H,10H2,1-4H3,(H,18,20). The van der Waals surface area contributed by atoms with Gasteiger partial charge in [0.1, 0.15) is 11.5 Å². The monoisotopic (exact) mass is 311 g/mol. The first-order chi connectivity index (χ1) is 11.0. The van der Waals surface area contributed by atoms with E-state index in [1.807, 2.05) is 41.5 Å². The molecule has 0 spiro atoms. The summed E-state index contributed by atoms with van der Waals surface area (Å²) < 4.78 is 3.92. The smallest absolute Gasteiger partial charge is 0.160 e.